The quantitative estimate of drug-likeness (QED) is 0.718. The zero-order chi connectivity index (χ0) is 11.1. The normalized spacial score (nSPS) is 20.0. The second kappa shape index (κ2) is 7.20. The molecule has 0 bridgehead atoms. The largest absolute Gasteiger partial charge is 0.328 e. The third-order valence-corrected chi connectivity index (χ3v) is 3.32. The lowest BCUT2D eigenvalue weighted by Crippen LogP contribution is -2.42. The van der Waals surface area contributed by atoms with Gasteiger partial charge in [-0.1, -0.05) is 13.3 Å². The third kappa shape index (κ3) is 5.50. The molecular formula is C12H27N3. The van der Waals surface area contributed by atoms with E-state index in [0.717, 1.165) is 0 Å². The summed E-state index contributed by atoms with van der Waals surface area (Å²) >= 11 is 0. The van der Waals surface area contributed by atoms with Crippen LogP contribution < -0.4 is 5.73 Å². The molecule has 3 heteroatoms. The molecule has 1 saturated heterocycles. The molecule has 0 aromatic carbocycles. The van der Waals surface area contributed by atoms with Gasteiger partial charge >= 0.3 is 0 Å². The van der Waals surface area contributed by atoms with Gasteiger partial charge in [0.1, 0.15) is 0 Å². The average molecular weight is 213 g/mol. The molecule has 0 saturated carbocycles. The first-order valence-electron chi connectivity index (χ1n) is 6.39. The summed E-state index contributed by atoms with van der Waals surface area (Å²) in [5.74, 6) is 0. The summed E-state index contributed by atoms with van der Waals surface area (Å²) in [7, 11) is 2.23. The number of piperidine rings is 1. The highest BCUT2D eigenvalue weighted by Crippen LogP contribution is 2.07. The van der Waals surface area contributed by atoms with E-state index in [9.17, 15) is 0 Å². The fourth-order valence-corrected chi connectivity index (χ4v) is 2.03. The maximum Gasteiger partial charge on any atom is 0.0109 e. The van der Waals surface area contributed by atoms with Gasteiger partial charge in [0.05, 0.1) is 0 Å². The number of likely N-dealkylation sites (N-methyl/N-ethyl adjacent to an activating group) is 1. The minimum atomic E-state index is 0.457. The molecule has 0 amide bonds. The Labute approximate surface area is 94.6 Å². The van der Waals surface area contributed by atoms with Gasteiger partial charge in [-0.05, 0) is 45.9 Å². The van der Waals surface area contributed by atoms with Crippen LogP contribution in [0.25, 0.3) is 0 Å². The van der Waals surface area contributed by atoms with Crippen molar-refractivity contribution in [3.05, 3.63) is 0 Å². The molecule has 1 aliphatic heterocycles. The first kappa shape index (κ1) is 12.9. The number of unbranched alkanes of at least 4 members (excludes halogenated alkanes) is 1. The molecule has 0 aliphatic carbocycles. The lowest BCUT2D eigenvalue weighted by atomic mass is 10.1. The maximum atomic E-state index is 5.88. The minimum absolute atomic E-state index is 0.457. The van der Waals surface area contributed by atoms with Gasteiger partial charge in [-0.25, -0.2) is 0 Å². The maximum absolute atomic E-state index is 5.88. The molecule has 0 aromatic heterocycles. The van der Waals surface area contributed by atoms with E-state index in [1.165, 1.54) is 58.4 Å². The Bertz CT molecular complexity index is 153. The molecule has 0 aromatic rings. The standard InChI is InChI=1S/C12H27N3/c1-3-4-7-14(2)10-11-15-8-5-12(13)6-9-15/h12H,3-11,13H2,1-2H3. The van der Waals surface area contributed by atoms with Crippen molar-refractivity contribution in [2.75, 3.05) is 39.8 Å². The molecule has 1 rings (SSSR count). The van der Waals surface area contributed by atoms with E-state index in [1.54, 1.807) is 0 Å². The monoisotopic (exact) mass is 213 g/mol. The van der Waals surface area contributed by atoms with E-state index < -0.39 is 0 Å². The Morgan fingerprint density at radius 2 is 1.93 bits per heavy atom. The van der Waals surface area contributed by atoms with Crippen LogP contribution in [0.5, 0.6) is 0 Å². The van der Waals surface area contributed by atoms with Gasteiger partial charge in [-0.15, -0.1) is 0 Å². The number of nitrogens with zero attached hydrogens (tertiary/aromatic N) is 2. The molecule has 1 aliphatic rings. The van der Waals surface area contributed by atoms with E-state index in [2.05, 4.69) is 23.8 Å². The number of likely N-dealkylation sites (tertiary alicyclic amines) is 1. The molecular weight excluding hydrogens is 186 g/mol. The zero-order valence-corrected chi connectivity index (χ0v) is 10.4. The fourth-order valence-electron chi connectivity index (χ4n) is 2.03. The summed E-state index contributed by atoms with van der Waals surface area (Å²) in [5, 5.41) is 0. The molecule has 15 heavy (non-hydrogen) atoms. The average Bonchev–Trinajstić information content (AvgIpc) is 2.25. The fraction of sp³-hybridized carbons (Fsp3) is 1.00. The van der Waals surface area contributed by atoms with Crippen LogP contribution in [0.4, 0.5) is 0 Å². The SMILES string of the molecule is CCCCN(C)CCN1CCC(N)CC1. The van der Waals surface area contributed by atoms with E-state index in [1.807, 2.05) is 0 Å². The zero-order valence-electron chi connectivity index (χ0n) is 10.4. The Balaban J connectivity index is 2.04. The van der Waals surface area contributed by atoms with Gasteiger partial charge in [0, 0.05) is 19.1 Å². The van der Waals surface area contributed by atoms with Crippen LogP contribution in [-0.2, 0) is 0 Å². The van der Waals surface area contributed by atoms with Crippen molar-refractivity contribution in [3.8, 4) is 0 Å². The van der Waals surface area contributed by atoms with Crippen LogP contribution >= 0.6 is 0 Å². The summed E-state index contributed by atoms with van der Waals surface area (Å²) in [6, 6.07) is 0.457. The van der Waals surface area contributed by atoms with Crippen molar-refractivity contribution in [1.29, 1.82) is 0 Å². The summed E-state index contributed by atoms with van der Waals surface area (Å²) < 4.78 is 0. The lowest BCUT2D eigenvalue weighted by molar-refractivity contribution is 0.185. The smallest absolute Gasteiger partial charge is 0.0109 e. The van der Waals surface area contributed by atoms with Crippen molar-refractivity contribution < 1.29 is 0 Å². The van der Waals surface area contributed by atoms with E-state index >= 15 is 0 Å². The van der Waals surface area contributed by atoms with Crippen molar-refractivity contribution in [1.82, 2.24) is 9.80 Å². The second-order valence-electron chi connectivity index (χ2n) is 4.84. The molecule has 0 atom stereocenters. The van der Waals surface area contributed by atoms with Crippen LogP contribution in [0.3, 0.4) is 0 Å². The minimum Gasteiger partial charge on any atom is -0.328 e. The lowest BCUT2D eigenvalue weighted by Gasteiger charge is -2.31. The highest BCUT2D eigenvalue weighted by atomic mass is 15.2. The van der Waals surface area contributed by atoms with Gasteiger partial charge in [0.25, 0.3) is 0 Å². The summed E-state index contributed by atoms with van der Waals surface area (Å²) in [6.45, 7) is 8.30. The van der Waals surface area contributed by atoms with E-state index in [0.29, 0.717) is 6.04 Å². The first-order valence-corrected chi connectivity index (χ1v) is 6.39. The Hall–Kier alpha value is -0.120. The Morgan fingerprint density at radius 3 is 2.53 bits per heavy atom. The Kier molecular flexibility index (Phi) is 6.22. The summed E-state index contributed by atoms with van der Waals surface area (Å²) in [4.78, 5) is 4.99. The van der Waals surface area contributed by atoms with Gasteiger partial charge in [0.2, 0.25) is 0 Å². The Morgan fingerprint density at radius 1 is 1.27 bits per heavy atom. The number of rotatable bonds is 6. The highest BCUT2D eigenvalue weighted by Gasteiger charge is 2.15. The molecule has 0 spiro atoms. The topological polar surface area (TPSA) is 32.5 Å². The van der Waals surface area contributed by atoms with Crippen LogP contribution in [0.1, 0.15) is 32.6 Å². The van der Waals surface area contributed by atoms with Gasteiger partial charge in [-0.2, -0.15) is 0 Å². The van der Waals surface area contributed by atoms with Gasteiger partial charge < -0.3 is 15.5 Å². The van der Waals surface area contributed by atoms with E-state index in [-0.39, 0.29) is 0 Å². The molecule has 0 radical (unpaired) electrons. The molecule has 2 N–H and O–H groups in total. The molecule has 1 fully saturated rings. The molecule has 1 heterocycles. The molecule has 3 nitrogen and oxygen atoms in total. The summed E-state index contributed by atoms with van der Waals surface area (Å²) in [5.41, 5.74) is 5.88. The van der Waals surface area contributed by atoms with Gasteiger partial charge in [-0.3, -0.25) is 0 Å². The van der Waals surface area contributed by atoms with E-state index in [4.69, 9.17) is 5.73 Å². The number of nitrogens with two attached hydrogens (primary N) is 1. The van der Waals surface area contributed by atoms with Crippen LogP contribution in [0.15, 0.2) is 0 Å². The first-order chi connectivity index (χ1) is 7.22. The van der Waals surface area contributed by atoms with Crippen LogP contribution in [-0.4, -0.2) is 55.6 Å². The predicted octanol–water partition coefficient (Wildman–Crippen LogP) is 1.14. The predicted molar refractivity (Wildman–Crippen MR) is 66.1 cm³/mol. The molecule has 0 unspecified atom stereocenters. The third-order valence-electron chi connectivity index (χ3n) is 3.32. The highest BCUT2D eigenvalue weighted by molar-refractivity contribution is 4.74. The van der Waals surface area contributed by atoms with Crippen molar-refractivity contribution in [2.45, 2.75) is 38.6 Å². The summed E-state index contributed by atoms with van der Waals surface area (Å²) in [6.07, 6.45) is 4.97. The number of hydrogen-bond donors (Lipinski definition) is 1. The number of hydrogen-bond acceptors (Lipinski definition) is 3. The van der Waals surface area contributed by atoms with Crippen molar-refractivity contribution in [2.24, 2.45) is 5.73 Å². The van der Waals surface area contributed by atoms with Crippen LogP contribution in [0.2, 0.25) is 0 Å². The van der Waals surface area contributed by atoms with Crippen molar-refractivity contribution in [3.63, 3.8) is 0 Å². The second-order valence-corrected chi connectivity index (χ2v) is 4.84. The van der Waals surface area contributed by atoms with Crippen LogP contribution in [0, 0.1) is 0 Å². The molecule has 90 valence electrons. The van der Waals surface area contributed by atoms with Crippen molar-refractivity contribution >= 4 is 0 Å². The van der Waals surface area contributed by atoms with Gasteiger partial charge in [0.15, 0.2) is 0 Å².